The number of furan rings is 1. The molecule has 1 aliphatic carbocycles. The lowest BCUT2D eigenvalue weighted by molar-refractivity contribution is 0.673. The molecule has 1 unspecified atom stereocenters. The normalized spacial score (nSPS) is 16.0. The van der Waals surface area contributed by atoms with E-state index in [0.717, 1.165) is 55.9 Å². The van der Waals surface area contributed by atoms with Gasteiger partial charge in [-0.1, -0.05) is 115 Å². The molecule has 0 radical (unpaired) electrons. The summed E-state index contributed by atoms with van der Waals surface area (Å²) in [5.41, 5.74) is 10.5. The van der Waals surface area contributed by atoms with Crippen molar-refractivity contribution in [3.63, 3.8) is 0 Å². The van der Waals surface area contributed by atoms with Gasteiger partial charge in [0.25, 0.3) is 0 Å². The highest BCUT2D eigenvalue weighted by Gasteiger charge is 2.27. The summed E-state index contributed by atoms with van der Waals surface area (Å²) in [4.78, 5) is 5.17. The van der Waals surface area contributed by atoms with Crippen LogP contribution in [0, 0.1) is 0 Å². The summed E-state index contributed by atoms with van der Waals surface area (Å²) in [5.74, 6) is 0. The summed E-state index contributed by atoms with van der Waals surface area (Å²) in [6.45, 7) is 0. The standard InChI is InChI=1S/C44H27N3OS/c1-2-12-26(13-3-1)40-41(46-33-18-8-7-17-32(33)45-40)27-22-24-28(25-23-27)47-34-19-9-4-14-29(34)38-42(47)37-30-15-5-10-20-35(30)48-43(37)39-31-16-6-11-21-36(31)49-44(38)39/h1-25,33,46H. The molecule has 2 aliphatic rings. The van der Waals surface area contributed by atoms with Crippen molar-refractivity contribution in [2.24, 2.45) is 4.99 Å². The summed E-state index contributed by atoms with van der Waals surface area (Å²) in [6, 6.07) is 45.4. The van der Waals surface area contributed by atoms with Crippen LogP contribution in [-0.4, -0.2) is 16.3 Å². The molecular formula is C44H27N3OS. The molecule has 0 fully saturated rings. The van der Waals surface area contributed by atoms with Crippen LogP contribution < -0.4 is 5.32 Å². The van der Waals surface area contributed by atoms with E-state index in [1.54, 1.807) is 0 Å². The second kappa shape index (κ2) is 10.2. The maximum absolute atomic E-state index is 6.78. The quantitative estimate of drug-likeness (QED) is 0.208. The lowest BCUT2D eigenvalue weighted by Crippen LogP contribution is -2.37. The first kappa shape index (κ1) is 26.9. The van der Waals surface area contributed by atoms with Crippen molar-refractivity contribution in [2.75, 3.05) is 0 Å². The van der Waals surface area contributed by atoms with Gasteiger partial charge >= 0.3 is 0 Å². The van der Waals surface area contributed by atoms with Gasteiger partial charge in [-0.05, 0) is 42.0 Å². The average molecular weight is 646 g/mol. The zero-order chi connectivity index (χ0) is 32.1. The average Bonchev–Trinajstić information content (AvgIpc) is 3.84. The number of allylic oxidation sites excluding steroid dienone is 2. The van der Waals surface area contributed by atoms with E-state index in [-0.39, 0.29) is 6.04 Å². The fourth-order valence-corrected chi connectivity index (χ4v) is 9.11. The molecule has 0 saturated heterocycles. The lowest BCUT2D eigenvalue weighted by atomic mass is 9.98. The third kappa shape index (κ3) is 3.82. The molecule has 49 heavy (non-hydrogen) atoms. The van der Waals surface area contributed by atoms with Gasteiger partial charge in [0.1, 0.15) is 11.2 Å². The van der Waals surface area contributed by atoms with Gasteiger partial charge in [0.2, 0.25) is 0 Å². The van der Waals surface area contributed by atoms with Crippen LogP contribution in [0.3, 0.4) is 0 Å². The molecular weight excluding hydrogens is 619 g/mol. The summed E-state index contributed by atoms with van der Waals surface area (Å²) in [5, 5.41) is 11.1. The first-order chi connectivity index (χ1) is 24.3. The number of aromatic nitrogens is 1. The van der Waals surface area contributed by atoms with Gasteiger partial charge in [-0.2, -0.15) is 0 Å². The van der Waals surface area contributed by atoms with Crippen molar-refractivity contribution in [1.82, 2.24) is 9.88 Å². The molecule has 0 bridgehead atoms. The Bertz CT molecular complexity index is 2920. The van der Waals surface area contributed by atoms with Crippen LogP contribution in [0.4, 0.5) is 0 Å². The molecule has 0 saturated carbocycles. The van der Waals surface area contributed by atoms with Crippen molar-refractivity contribution < 1.29 is 4.42 Å². The molecule has 4 nitrogen and oxygen atoms in total. The van der Waals surface area contributed by atoms with Gasteiger partial charge in [-0.25, -0.2) is 4.99 Å². The summed E-state index contributed by atoms with van der Waals surface area (Å²) < 4.78 is 11.8. The largest absolute Gasteiger partial charge is 0.455 e. The number of benzene rings is 6. The van der Waals surface area contributed by atoms with E-state index >= 15 is 0 Å². The minimum absolute atomic E-state index is 0.0378. The van der Waals surface area contributed by atoms with Crippen LogP contribution in [0.5, 0.6) is 0 Å². The zero-order valence-electron chi connectivity index (χ0n) is 26.2. The smallest absolute Gasteiger partial charge is 0.146 e. The number of nitrogens with zero attached hydrogens (tertiary/aromatic N) is 2. The molecule has 4 heterocycles. The number of para-hydroxylation sites is 2. The van der Waals surface area contributed by atoms with Crippen LogP contribution in [0.2, 0.25) is 0 Å². The Balaban J connectivity index is 1.21. The van der Waals surface area contributed by atoms with E-state index in [1.807, 2.05) is 17.4 Å². The molecule has 3 aromatic heterocycles. The van der Waals surface area contributed by atoms with E-state index in [1.165, 1.54) is 42.0 Å². The van der Waals surface area contributed by atoms with Crippen molar-refractivity contribution >= 4 is 92.4 Å². The van der Waals surface area contributed by atoms with Crippen LogP contribution in [0.15, 0.2) is 161 Å². The molecule has 9 aromatic rings. The predicted octanol–water partition coefficient (Wildman–Crippen LogP) is 11.4. The van der Waals surface area contributed by atoms with Gasteiger partial charge in [0.05, 0.1) is 39.6 Å². The maximum atomic E-state index is 6.78. The molecule has 0 amide bonds. The topological polar surface area (TPSA) is 42.5 Å². The second-order valence-electron chi connectivity index (χ2n) is 12.7. The predicted molar refractivity (Wildman–Crippen MR) is 207 cm³/mol. The molecule has 6 aromatic carbocycles. The molecule has 0 spiro atoms. The summed E-state index contributed by atoms with van der Waals surface area (Å²) in [6.07, 6.45) is 8.40. The fraction of sp³-hybridized carbons (Fsp3) is 0.0227. The Labute approximate surface area is 285 Å². The van der Waals surface area contributed by atoms with Gasteiger partial charge in [-0.3, -0.25) is 0 Å². The van der Waals surface area contributed by atoms with Gasteiger partial charge < -0.3 is 14.3 Å². The Morgan fingerprint density at radius 1 is 0.653 bits per heavy atom. The Kier molecular flexibility index (Phi) is 5.57. The Hall–Kier alpha value is -6.17. The molecule has 1 N–H and O–H groups in total. The van der Waals surface area contributed by atoms with Gasteiger partial charge in [-0.15, -0.1) is 11.3 Å². The molecule has 1 atom stereocenters. The minimum Gasteiger partial charge on any atom is -0.455 e. The number of thiophene rings is 1. The van der Waals surface area contributed by atoms with Crippen molar-refractivity contribution in [3.8, 4) is 5.69 Å². The summed E-state index contributed by atoms with van der Waals surface area (Å²) in [7, 11) is 0. The number of fused-ring (bicyclic) bond motifs is 13. The van der Waals surface area contributed by atoms with Crippen molar-refractivity contribution in [3.05, 3.63) is 163 Å². The monoisotopic (exact) mass is 645 g/mol. The second-order valence-corrected chi connectivity index (χ2v) is 13.8. The SMILES string of the molecule is C1=CC2=NC(c3ccccc3)=C(c3ccc(-n4c5ccccc5c5c6sc7ccccc7c6c6oc7ccccc7c6c54)cc3)NC2C=C1. The fourth-order valence-electron chi connectivity index (χ4n) is 7.85. The van der Waals surface area contributed by atoms with E-state index in [4.69, 9.17) is 9.41 Å². The Morgan fingerprint density at radius 2 is 1.41 bits per heavy atom. The molecule has 1 aliphatic heterocycles. The van der Waals surface area contributed by atoms with Gasteiger partial charge in [0, 0.05) is 47.6 Å². The van der Waals surface area contributed by atoms with E-state index < -0.39 is 0 Å². The number of hydrogen-bond donors (Lipinski definition) is 1. The highest BCUT2D eigenvalue weighted by Crippen LogP contribution is 2.50. The van der Waals surface area contributed by atoms with Crippen LogP contribution >= 0.6 is 11.3 Å². The minimum atomic E-state index is 0.0378. The van der Waals surface area contributed by atoms with Gasteiger partial charge in [0.15, 0.2) is 0 Å². The first-order valence-corrected chi connectivity index (χ1v) is 17.4. The molecule has 230 valence electrons. The number of rotatable bonds is 3. The van der Waals surface area contributed by atoms with E-state index in [9.17, 15) is 0 Å². The van der Waals surface area contributed by atoms with Crippen LogP contribution in [0.25, 0.3) is 81.0 Å². The molecule has 5 heteroatoms. The lowest BCUT2D eigenvalue weighted by Gasteiger charge is -2.28. The van der Waals surface area contributed by atoms with E-state index in [2.05, 4.69) is 156 Å². The third-order valence-electron chi connectivity index (χ3n) is 10.00. The number of nitrogens with one attached hydrogen (secondary N) is 1. The Morgan fingerprint density at radius 3 is 2.29 bits per heavy atom. The van der Waals surface area contributed by atoms with Crippen LogP contribution in [0.1, 0.15) is 11.1 Å². The zero-order valence-corrected chi connectivity index (χ0v) is 27.0. The van der Waals surface area contributed by atoms with E-state index in [0.29, 0.717) is 0 Å². The van der Waals surface area contributed by atoms with Crippen LogP contribution in [-0.2, 0) is 0 Å². The third-order valence-corrected chi connectivity index (χ3v) is 11.2. The maximum Gasteiger partial charge on any atom is 0.146 e. The van der Waals surface area contributed by atoms with Crippen molar-refractivity contribution in [1.29, 1.82) is 0 Å². The molecule has 11 rings (SSSR count). The first-order valence-electron chi connectivity index (χ1n) is 16.6. The number of aliphatic imine (C=N–C) groups is 1. The number of hydrogen-bond acceptors (Lipinski definition) is 4. The van der Waals surface area contributed by atoms with Crippen molar-refractivity contribution in [2.45, 2.75) is 6.04 Å². The summed E-state index contributed by atoms with van der Waals surface area (Å²) >= 11 is 1.86. The highest BCUT2D eigenvalue weighted by molar-refractivity contribution is 7.27. The highest BCUT2D eigenvalue weighted by atomic mass is 32.1.